The molecule has 0 radical (unpaired) electrons. The molecule has 2 aliphatic heterocycles. The fourth-order valence-corrected chi connectivity index (χ4v) is 1.05. The van der Waals surface area contributed by atoms with Crippen molar-refractivity contribution in [3.8, 4) is 0 Å². The minimum Gasteiger partial charge on any atom is -0.400 e. The van der Waals surface area contributed by atoms with Crippen molar-refractivity contribution in [1.82, 2.24) is 21.3 Å². The number of urea groups is 2. The average Bonchev–Trinajstić information content (AvgIpc) is 2.48. The van der Waals surface area contributed by atoms with Crippen LogP contribution in [0.15, 0.2) is 0 Å². The number of nitrogens with one attached hydrogen (secondary N) is 4. The molecule has 0 bridgehead atoms. The summed E-state index contributed by atoms with van der Waals surface area (Å²) in [6.45, 7) is 0. The van der Waals surface area contributed by atoms with E-state index in [9.17, 15) is 9.59 Å². The molecule has 12 heavy (non-hydrogen) atoms. The van der Waals surface area contributed by atoms with Gasteiger partial charge in [0.15, 0.2) is 0 Å². The molecular formula is C5H10N4O3. The zero-order chi connectivity index (χ0) is 9.14. The fraction of sp³-hybridized carbons (Fsp3) is 0.600. The number of fused-ring (bicyclic) bond motifs is 1. The molecule has 4 amide bonds. The van der Waals surface area contributed by atoms with E-state index in [2.05, 4.69) is 21.3 Å². The monoisotopic (exact) mass is 174 g/mol. The molecule has 0 aromatic heterocycles. The zero-order valence-corrected chi connectivity index (χ0v) is 6.42. The van der Waals surface area contributed by atoms with E-state index in [-0.39, 0.29) is 24.4 Å². The second-order valence-electron chi connectivity index (χ2n) is 2.19. The molecule has 0 spiro atoms. The highest BCUT2D eigenvalue weighted by molar-refractivity contribution is 5.84. The molecule has 2 rings (SSSR count). The van der Waals surface area contributed by atoms with Crippen molar-refractivity contribution < 1.29 is 14.7 Å². The van der Waals surface area contributed by atoms with E-state index in [1.54, 1.807) is 0 Å². The molecule has 5 N–H and O–H groups in total. The van der Waals surface area contributed by atoms with Crippen LogP contribution in [0.25, 0.3) is 0 Å². The Kier molecular flexibility index (Phi) is 2.34. The van der Waals surface area contributed by atoms with Gasteiger partial charge in [-0.2, -0.15) is 0 Å². The van der Waals surface area contributed by atoms with Gasteiger partial charge in [-0.3, -0.25) is 0 Å². The first-order valence-electron chi connectivity index (χ1n) is 3.34. The lowest BCUT2D eigenvalue weighted by atomic mass is 10.4. The fourth-order valence-electron chi connectivity index (χ4n) is 1.05. The third-order valence-corrected chi connectivity index (χ3v) is 1.48. The maximum atomic E-state index is 10.5. The Hall–Kier alpha value is -1.50. The van der Waals surface area contributed by atoms with Crippen LogP contribution < -0.4 is 21.3 Å². The highest BCUT2D eigenvalue weighted by atomic mass is 16.2. The summed E-state index contributed by atoms with van der Waals surface area (Å²) in [6, 6.07) is -0.523. The lowest BCUT2D eigenvalue weighted by Crippen LogP contribution is -2.39. The summed E-state index contributed by atoms with van der Waals surface area (Å²) in [5, 5.41) is 17.0. The topological polar surface area (TPSA) is 102 Å². The van der Waals surface area contributed by atoms with Gasteiger partial charge in [-0.05, 0) is 0 Å². The number of rotatable bonds is 0. The molecule has 0 aliphatic carbocycles. The highest BCUT2D eigenvalue weighted by Gasteiger charge is 2.38. The van der Waals surface area contributed by atoms with Crippen molar-refractivity contribution in [2.75, 3.05) is 7.11 Å². The lowest BCUT2D eigenvalue weighted by Gasteiger charge is -2.02. The van der Waals surface area contributed by atoms with Crippen LogP contribution in [-0.2, 0) is 0 Å². The van der Waals surface area contributed by atoms with Crippen LogP contribution in [0.5, 0.6) is 0 Å². The zero-order valence-electron chi connectivity index (χ0n) is 6.42. The number of aliphatic hydroxyl groups excluding tert-OH is 1. The molecule has 0 atom stereocenters. The summed E-state index contributed by atoms with van der Waals surface area (Å²) in [4.78, 5) is 21.1. The van der Waals surface area contributed by atoms with E-state index in [4.69, 9.17) is 5.11 Å². The van der Waals surface area contributed by atoms with Crippen LogP contribution >= 0.6 is 0 Å². The molecule has 2 aliphatic rings. The van der Waals surface area contributed by atoms with Crippen molar-refractivity contribution in [3.05, 3.63) is 0 Å². The molecule has 2 saturated heterocycles. The average molecular weight is 174 g/mol. The van der Waals surface area contributed by atoms with Crippen molar-refractivity contribution in [1.29, 1.82) is 0 Å². The summed E-state index contributed by atoms with van der Waals surface area (Å²) in [5.41, 5.74) is 0. The van der Waals surface area contributed by atoms with Gasteiger partial charge in [0, 0.05) is 7.11 Å². The standard InChI is InChI=1S/C4H6N4O2.CH4O/c9-3-5-1-2(7-3)8-4(10)6-1;1-2/h1-2H,(H2,5,7,9)(H2,6,8,10);2H,1H3. The molecule has 0 unspecified atom stereocenters. The van der Waals surface area contributed by atoms with Crippen LogP contribution in [-0.4, -0.2) is 36.6 Å². The molecule has 0 aromatic carbocycles. The van der Waals surface area contributed by atoms with E-state index in [0.29, 0.717) is 0 Å². The summed E-state index contributed by atoms with van der Waals surface area (Å²) >= 11 is 0. The quantitative estimate of drug-likeness (QED) is 0.290. The van der Waals surface area contributed by atoms with E-state index in [1.165, 1.54) is 0 Å². The Labute approximate surface area is 68.5 Å². The first-order chi connectivity index (χ1) is 5.75. The van der Waals surface area contributed by atoms with Crippen LogP contribution in [0.4, 0.5) is 9.59 Å². The van der Waals surface area contributed by atoms with E-state index < -0.39 is 0 Å². The van der Waals surface area contributed by atoms with Gasteiger partial charge in [-0.15, -0.1) is 0 Å². The minimum atomic E-state index is -0.292. The first-order valence-corrected chi connectivity index (χ1v) is 3.34. The third-order valence-electron chi connectivity index (χ3n) is 1.48. The maximum absolute atomic E-state index is 10.5. The molecule has 0 saturated carbocycles. The predicted molar refractivity (Wildman–Crippen MR) is 39.1 cm³/mol. The van der Waals surface area contributed by atoms with E-state index in [0.717, 1.165) is 7.11 Å². The first kappa shape index (κ1) is 8.60. The normalized spacial score (nSPS) is 30.2. The Balaban J connectivity index is 0.000000336. The van der Waals surface area contributed by atoms with Crippen molar-refractivity contribution in [2.45, 2.75) is 12.3 Å². The van der Waals surface area contributed by atoms with Crippen LogP contribution in [0, 0.1) is 0 Å². The Morgan fingerprint density at radius 1 is 0.917 bits per heavy atom. The number of carbonyl (C=O) groups is 2. The maximum Gasteiger partial charge on any atom is 0.318 e. The van der Waals surface area contributed by atoms with Gasteiger partial charge in [0.1, 0.15) is 12.3 Å². The van der Waals surface area contributed by atoms with Gasteiger partial charge >= 0.3 is 12.1 Å². The van der Waals surface area contributed by atoms with Gasteiger partial charge in [0.25, 0.3) is 0 Å². The molecule has 0 aromatic rings. The SMILES string of the molecule is CO.O=C1NC2NC(=O)NC2N1. The van der Waals surface area contributed by atoms with Crippen molar-refractivity contribution in [3.63, 3.8) is 0 Å². The lowest BCUT2D eigenvalue weighted by molar-refractivity contribution is 0.239. The number of amides is 4. The van der Waals surface area contributed by atoms with Crippen LogP contribution in [0.1, 0.15) is 0 Å². The Morgan fingerprint density at radius 2 is 1.17 bits per heavy atom. The smallest absolute Gasteiger partial charge is 0.318 e. The molecule has 7 heteroatoms. The molecular weight excluding hydrogens is 164 g/mol. The molecule has 68 valence electrons. The largest absolute Gasteiger partial charge is 0.400 e. The highest BCUT2D eigenvalue weighted by Crippen LogP contribution is 2.00. The van der Waals surface area contributed by atoms with E-state index >= 15 is 0 Å². The molecule has 2 fully saturated rings. The minimum absolute atomic E-state index is 0.262. The number of aliphatic hydroxyl groups is 1. The Morgan fingerprint density at radius 3 is 1.42 bits per heavy atom. The number of carbonyl (C=O) groups excluding carboxylic acids is 2. The van der Waals surface area contributed by atoms with E-state index in [1.807, 2.05) is 0 Å². The van der Waals surface area contributed by atoms with Gasteiger partial charge < -0.3 is 26.4 Å². The summed E-state index contributed by atoms with van der Waals surface area (Å²) in [7, 11) is 1.00. The van der Waals surface area contributed by atoms with Gasteiger partial charge in [-0.25, -0.2) is 9.59 Å². The van der Waals surface area contributed by atoms with Gasteiger partial charge in [0.2, 0.25) is 0 Å². The summed E-state index contributed by atoms with van der Waals surface area (Å²) < 4.78 is 0. The van der Waals surface area contributed by atoms with Crippen molar-refractivity contribution in [2.24, 2.45) is 0 Å². The number of hydrogen-bond donors (Lipinski definition) is 5. The third kappa shape index (κ3) is 1.40. The van der Waals surface area contributed by atoms with Crippen molar-refractivity contribution >= 4 is 12.1 Å². The number of hydrogen-bond acceptors (Lipinski definition) is 3. The predicted octanol–water partition coefficient (Wildman–Crippen LogP) is -2.13. The summed E-state index contributed by atoms with van der Waals surface area (Å²) in [5.74, 6) is 0. The van der Waals surface area contributed by atoms with Crippen LogP contribution in [0.3, 0.4) is 0 Å². The molecule has 2 heterocycles. The van der Waals surface area contributed by atoms with Gasteiger partial charge in [0.05, 0.1) is 0 Å². The Bertz CT molecular complexity index is 169. The van der Waals surface area contributed by atoms with Crippen LogP contribution in [0.2, 0.25) is 0 Å². The second-order valence-corrected chi connectivity index (χ2v) is 2.19. The summed E-state index contributed by atoms with van der Waals surface area (Å²) in [6.07, 6.45) is -0.583. The second kappa shape index (κ2) is 3.26. The molecule has 7 nitrogen and oxygen atoms in total. The van der Waals surface area contributed by atoms with Gasteiger partial charge in [-0.1, -0.05) is 0 Å².